The molecule has 1 aliphatic rings. The Morgan fingerprint density at radius 1 is 0.361 bits per heavy atom. The molecule has 61 heavy (non-hydrogen) atoms. The smallest absolute Gasteiger partial charge is 0.0462 e. The molecule has 1 unspecified atom stereocenters. The van der Waals surface area contributed by atoms with Crippen molar-refractivity contribution in [2.24, 2.45) is 0 Å². The average molecular weight is 778 g/mol. The number of fused-ring (bicyclic) bond motifs is 6. The van der Waals surface area contributed by atoms with E-state index in [1.54, 1.807) is 0 Å². The van der Waals surface area contributed by atoms with Gasteiger partial charge in [-0.25, -0.2) is 0 Å². The zero-order valence-corrected chi connectivity index (χ0v) is 33.8. The summed E-state index contributed by atoms with van der Waals surface area (Å²) in [5.74, 6) is 0.251. The molecular weight excluding hydrogens is 735 g/mol. The number of hydrogen-bond donors (Lipinski definition) is 0. The van der Waals surface area contributed by atoms with Gasteiger partial charge in [-0.3, -0.25) is 0 Å². The van der Waals surface area contributed by atoms with Gasteiger partial charge in [-0.15, -0.1) is 0 Å². The summed E-state index contributed by atoms with van der Waals surface area (Å²) in [5.41, 5.74) is 17.4. The molecule has 0 aromatic heterocycles. The Bertz CT molecular complexity index is 3120. The lowest BCUT2D eigenvalue weighted by atomic mass is 9.76. The molecule has 0 bridgehead atoms. The lowest BCUT2D eigenvalue weighted by molar-refractivity contribution is 0.834. The van der Waals surface area contributed by atoms with E-state index in [1.165, 1.54) is 82.7 Å². The normalized spacial score (nSPS) is 13.3. The molecule has 0 aliphatic heterocycles. The maximum atomic E-state index is 2.45. The molecule has 11 rings (SSSR count). The summed E-state index contributed by atoms with van der Waals surface area (Å²) >= 11 is 0. The summed E-state index contributed by atoms with van der Waals surface area (Å²) < 4.78 is 0. The molecule has 0 radical (unpaired) electrons. The van der Waals surface area contributed by atoms with Crippen molar-refractivity contribution in [2.45, 2.75) is 12.3 Å². The minimum Gasteiger partial charge on any atom is -0.311 e. The van der Waals surface area contributed by atoms with E-state index in [-0.39, 0.29) is 5.92 Å². The van der Waals surface area contributed by atoms with E-state index in [2.05, 4.69) is 248 Å². The van der Waals surface area contributed by atoms with Crippen molar-refractivity contribution in [3.05, 3.63) is 253 Å². The molecule has 1 heteroatoms. The Kier molecular flexibility index (Phi) is 9.41. The van der Waals surface area contributed by atoms with Crippen LogP contribution in [0.3, 0.4) is 0 Å². The van der Waals surface area contributed by atoms with E-state index in [1.807, 2.05) is 0 Å². The lowest BCUT2D eigenvalue weighted by Gasteiger charge is -2.27. The van der Waals surface area contributed by atoms with Crippen molar-refractivity contribution in [3.63, 3.8) is 0 Å². The molecule has 1 aliphatic carbocycles. The number of rotatable bonds is 8. The highest BCUT2D eigenvalue weighted by molar-refractivity contribution is 6.24. The van der Waals surface area contributed by atoms with E-state index in [0.29, 0.717) is 0 Å². The Balaban J connectivity index is 1.01. The molecular formula is C60H43N. The van der Waals surface area contributed by atoms with Crippen LogP contribution in [0.15, 0.2) is 237 Å². The molecule has 0 N–H and O–H groups in total. The first-order valence-corrected chi connectivity index (χ1v) is 21.3. The van der Waals surface area contributed by atoms with Gasteiger partial charge in [-0.2, -0.15) is 0 Å². The fourth-order valence-electron chi connectivity index (χ4n) is 9.55. The van der Waals surface area contributed by atoms with Crippen LogP contribution in [-0.2, 0) is 6.42 Å². The van der Waals surface area contributed by atoms with E-state index >= 15 is 0 Å². The third-order valence-corrected chi connectivity index (χ3v) is 12.4. The largest absolute Gasteiger partial charge is 0.311 e. The predicted molar refractivity (Wildman–Crippen MR) is 260 cm³/mol. The van der Waals surface area contributed by atoms with Gasteiger partial charge in [-0.05, 0) is 132 Å². The second-order valence-electron chi connectivity index (χ2n) is 16.0. The van der Waals surface area contributed by atoms with Crippen LogP contribution in [-0.4, -0.2) is 0 Å². The first kappa shape index (κ1) is 36.3. The Morgan fingerprint density at radius 2 is 0.820 bits per heavy atom. The number of hydrogen-bond acceptors (Lipinski definition) is 1. The van der Waals surface area contributed by atoms with E-state index in [9.17, 15) is 0 Å². The second-order valence-corrected chi connectivity index (χ2v) is 16.0. The summed E-state index contributed by atoms with van der Waals surface area (Å²) in [7, 11) is 0. The van der Waals surface area contributed by atoms with Gasteiger partial charge in [0.15, 0.2) is 0 Å². The average Bonchev–Trinajstić information content (AvgIpc) is 3.35. The van der Waals surface area contributed by atoms with Crippen LogP contribution in [0.5, 0.6) is 0 Å². The molecule has 0 spiro atoms. The zero-order chi connectivity index (χ0) is 40.5. The van der Waals surface area contributed by atoms with Gasteiger partial charge in [0.2, 0.25) is 0 Å². The van der Waals surface area contributed by atoms with Crippen LogP contribution in [0.1, 0.15) is 22.6 Å². The van der Waals surface area contributed by atoms with Crippen LogP contribution in [0.25, 0.3) is 72.1 Å². The summed E-state index contributed by atoms with van der Waals surface area (Å²) in [6.45, 7) is 0. The number of allylic oxidation sites excluding steroid dienone is 1. The maximum absolute atomic E-state index is 2.45. The lowest BCUT2D eigenvalue weighted by Crippen LogP contribution is -2.09. The molecule has 0 heterocycles. The van der Waals surface area contributed by atoms with Gasteiger partial charge in [0, 0.05) is 23.0 Å². The standard InChI is InChI=1S/C60H43N/c1-6-18-45(19-7-1)55-41-56(46-20-8-2-9-21-46)59-53-29-17-16-28-52(53)57-40-48(36-39-54(57)60(59)58(55)47-22-10-3-11-23-47)44-32-30-42(31-33-44)43-34-37-51(38-35-43)61(49-24-12-4-13-25-49)50-26-14-5-15-27-50/h1-39,41,48H,40H2. The van der Waals surface area contributed by atoms with Crippen molar-refractivity contribution in [3.8, 4) is 44.5 Å². The van der Waals surface area contributed by atoms with Crippen LogP contribution < -0.4 is 4.90 Å². The second kappa shape index (κ2) is 15.8. The van der Waals surface area contributed by atoms with Gasteiger partial charge < -0.3 is 4.90 Å². The number of para-hydroxylation sites is 2. The molecule has 1 atom stereocenters. The minimum absolute atomic E-state index is 0.251. The monoisotopic (exact) mass is 777 g/mol. The molecule has 0 saturated carbocycles. The van der Waals surface area contributed by atoms with E-state index in [4.69, 9.17) is 0 Å². The Labute approximate surface area is 358 Å². The number of anilines is 3. The molecule has 10 aromatic rings. The van der Waals surface area contributed by atoms with Crippen LogP contribution >= 0.6 is 0 Å². The Hall–Kier alpha value is -7.74. The molecule has 10 aromatic carbocycles. The molecule has 1 nitrogen and oxygen atoms in total. The summed E-state index contributed by atoms with van der Waals surface area (Å²) in [6, 6.07) is 83.8. The van der Waals surface area contributed by atoms with Crippen molar-refractivity contribution in [2.75, 3.05) is 4.90 Å². The molecule has 0 amide bonds. The number of nitrogens with zero attached hydrogens (tertiary/aromatic N) is 1. The first-order chi connectivity index (χ1) is 30.3. The fourth-order valence-corrected chi connectivity index (χ4v) is 9.55. The van der Waals surface area contributed by atoms with Crippen LogP contribution in [0.4, 0.5) is 17.1 Å². The highest BCUT2D eigenvalue weighted by Crippen LogP contribution is 2.50. The van der Waals surface area contributed by atoms with Gasteiger partial charge in [0.1, 0.15) is 0 Å². The van der Waals surface area contributed by atoms with Crippen LogP contribution in [0, 0.1) is 0 Å². The van der Waals surface area contributed by atoms with Gasteiger partial charge in [-0.1, -0.05) is 200 Å². The molecule has 0 saturated heterocycles. The fraction of sp³-hybridized carbons (Fsp3) is 0.0333. The van der Waals surface area contributed by atoms with Gasteiger partial charge in [0.25, 0.3) is 0 Å². The summed E-state index contributed by atoms with van der Waals surface area (Å²) in [4.78, 5) is 2.31. The third kappa shape index (κ3) is 6.71. The number of benzene rings is 10. The first-order valence-electron chi connectivity index (χ1n) is 21.3. The van der Waals surface area contributed by atoms with E-state index in [0.717, 1.165) is 23.5 Å². The molecule has 0 fully saturated rings. The molecule has 288 valence electrons. The van der Waals surface area contributed by atoms with Crippen LogP contribution in [0.2, 0.25) is 0 Å². The van der Waals surface area contributed by atoms with Crippen molar-refractivity contribution in [1.82, 2.24) is 0 Å². The topological polar surface area (TPSA) is 3.24 Å². The highest BCUT2D eigenvalue weighted by Gasteiger charge is 2.26. The summed E-state index contributed by atoms with van der Waals surface area (Å²) in [6.07, 6.45) is 5.82. The minimum atomic E-state index is 0.251. The predicted octanol–water partition coefficient (Wildman–Crippen LogP) is 16.5. The third-order valence-electron chi connectivity index (χ3n) is 12.4. The quantitative estimate of drug-likeness (QED) is 0.139. The zero-order valence-electron chi connectivity index (χ0n) is 33.8. The SMILES string of the molecule is C1=CC(c2ccc(-c3ccc(N(c4ccccc4)c4ccccc4)cc3)cc2)Cc2c1c1c(-c3ccccc3)c(-c3ccccc3)cc(-c3ccccc3)c1c1ccccc21. The van der Waals surface area contributed by atoms with Crippen molar-refractivity contribution >= 4 is 44.7 Å². The van der Waals surface area contributed by atoms with Crippen molar-refractivity contribution < 1.29 is 0 Å². The summed E-state index contributed by atoms with van der Waals surface area (Å²) in [5, 5.41) is 5.28. The highest BCUT2D eigenvalue weighted by atomic mass is 15.1. The van der Waals surface area contributed by atoms with E-state index < -0.39 is 0 Å². The maximum Gasteiger partial charge on any atom is 0.0462 e. The van der Waals surface area contributed by atoms with Crippen molar-refractivity contribution in [1.29, 1.82) is 0 Å². The van der Waals surface area contributed by atoms with Gasteiger partial charge in [0.05, 0.1) is 0 Å². The Morgan fingerprint density at radius 3 is 1.39 bits per heavy atom. The van der Waals surface area contributed by atoms with Gasteiger partial charge >= 0.3 is 0 Å².